The van der Waals surface area contributed by atoms with Crippen LogP contribution in [0, 0.1) is 11.8 Å². The van der Waals surface area contributed by atoms with E-state index in [-0.39, 0.29) is 6.61 Å². The molecule has 2 fully saturated rings. The van der Waals surface area contributed by atoms with Crippen molar-refractivity contribution >= 4 is 0 Å². The number of hydrogen-bond acceptors (Lipinski definition) is 6. The highest BCUT2D eigenvalue weighted by molar-refractivity contribution is 5.44. The molecule has 0 aliphatic carbocycles. The molecule has 132 valence electrons. The van der Waals surface area contributed by atoms with Gasteiger partial charge in [-0.25, -0.2) is 0 Å². The zero-order valence-electron chi connectivity index (χ0n) is 14.0. The van der Waals surface area contributed by atoms with Gasteiger partial charge in [0, 0.05) is 45.9 Å². The fourth-order valence-electron chi connectivity index (χ4n) is 3.99. The smallest absolute Gasteiger partial charge is 0.231 e. The van der Waals surface area contributed by atoms with Gasteiger partial charge in [0.2, 0.25) is 6.79 Å². The number of rotatable bonds is 5. The number of likely N-dealkylation sites (tertiary alicyclic amines) is 1. The third-order valence-corrected chi connectivity index (χ3v) is 5.33. The van der Waals surface area contributed by atoms with Gasteiger partial charge in [-0.05, 0) is 29.5 Å². The molecule has 3 aliphatic heterocycles. The lowest BCUT2D eigenvalue weighted by molar-refractivity contribution is 0.0264. The van der Waals surface area contributed by atoms with Crippen LogP contribution in [-0.2, 0) is 11.3 Å². The van der Waals surface area contributed by atoms with Crippen LogP contribution in [0.15, 0.2) is 18.2 Å². The average molecular weight is 334 g/mol. The first-order valence-corrected chi connectivity index (χ1v) is 8.83. The second-order valence-electron chi connectivity index (χ2n) is 7.00. The number of aliphatic hydroxyl groups is 1. The summed E-state index contributed by atoms with van der Waals surface area (Å²) in [6, 6.07) is 6.17. The van der Waals surface area contributed by atoms with E-state index in [2.05, 4.69) is 21.9 Å². The summed E-state index contributed by atoms with van der Waals surface area (Å²) in [4.78, 5) is 4.92. The third-order valence-electron chi connectivity index (χ3n) is 5.33. The Labute approximate surface area is 142 Å². The lowest BCUT2D eigenvalue weighted by Gasteiger charge is -2.30. The molecule has 0 bridgehead atoms. The van der Waals surface area contributed by atoms with Crippen LogP contribution in [0.5, 0.6) is 11.5 Å². The lowest BCUT2D eigenvalue weighted by Crippen LogP contribution is -2.41. The second kappa shape index (κ2) is 7.27. The summed E-state index contributed by atoms with van der Waals surface area (Å²) in [5, 5.41) is 9.77. The maximum Gasteiger partial charge on any atom is 0.231 e. The summed E-state index contributed by atoms with van der Waals surface area (Å²) in [5.74, 6) is 2.57. The van der Waals surface area contributed by atoms with Crippen molar-refractivity contribution in [2.24, 2.45) is 11.8 Å². The van der Waals surface area contributed by atoms with Crippen molar-refractivity contribution in [3.05, 3.63) is 23.8 Å². The standard InChI is InChI=1S/C18H26N2O4/c21-12-16-11-20(10-15(16)9-19-3-5-22-6-4-19)8-14-1-2-17-18(7-14)24-13-23-17/h1-2,7,15-16,21H,3-6,8-13H2/t15-,16-/m1/s1. The first-order valence-electron chi connectivity index (χ1n) is 8.83. The van der Waals surface area contributed by atoms with E-state index in [0.717, 1.165) is 64.0 Å². The van der Waals surface area contributed by atoms with Gasteiger partial charge < -0.3 is 19.3 Å². The van der Waals surface area contributed by atoms with E-state index in [1.807, 2.05) is 6.07 Å². The Hall–Kier alpha value is -1.34. The minimum Gasteiger partial charge on any atom is -0.454 e. The van der Waals surface area contributed by atoms with Crippen molar-refractivity contribution in [3.63, 3.8) is 0 Å². The van der Waals surface area contributed by atoms with Gasteiger partial charge >= 0.3 is 0 Å². The van der Waals surface area contributed by atoms with Crippen molar-refractivity contribution in [2.75, 3.05) is 59.3 Å². The molecule has 1 aromatic rings. The third kappa shape index (κ3) is 3.52. The number of aliphatic hydroxyl groups excluding tert-OH is 1. The topological polar surface area (TPSA) is 54.4 Å². The molecule has 0 aromatic heterocycles. The van der Waals surface area contributed by atoms with Crippen LogP contribution in [0.4, 0.5) is 0 Å². The number of benzene rings is 1. The molecule has 0 unspecified atom stereocenters. The predicted octanol–water partition coefficient (Wildman–Crippen LogP) is 0.788. The van der Waals surface area contributed by atoms with Crippen LogP contribution in [0.2, 0.25) is 0 Å². The van der Waals surface area contributed by atoms with Crippen molar-refractivity contribution in [3.8, 4) is 11.5 Å². The van der Waals surface area contributed by atoms with Crippen LogP contribution in [0.3, 0.4) is 0 Å². The van der Waals surface area contributed by atoms with Crippen LogP contribution < -0.4 is 9.47 Å². The van der Waals surface area contributed by atoms with Gasteiger partial charge in [-0.2, -0.15) is 0 Å². The van der Waals surface area contributed by atoms with E-state index in [0.29, 0.717) is 18.6 Å². The molecule has 2 saturated heterocycles. The number of morpholine rings is 1. The first kappa shape index (κ1) is 16.1. The summed E-state index contributed by atoms with van der Waals surface area (Å²) in [6.45, 7) is 8.22. The summed E-state index contributed by atoms with van der Waals surface area (Å²) in [5.41, 5.74) is 1.24. The van der Waals surface area contributed by atoms with E-state index in [1.165, 1.54) is 5.56 Å². The molecule has 1 N–H and O–H groups in total. The Morgan fingerprint density at radius 3 is 2.62 bits per heavy atom. The van der Waals surface area contributed by atoms with E-state index < -0.39 is 0 Å². The lowest BCUT2D eigenvalue weighted by atomic mass is 9.96. The summed E-state index contributed by atoms with van der Waals surface area (Å²) in [7, 11) is 0. The minimum atomic E-state index is 0.270. The summed E-state index contributed by atoms with van der Waals surface area (Å²) >= 11 is 0. The molecular weight excluding hydrogens is 308 g/mol. The number of ether oxygens (including phenoxy) is 3. The maximum absolute atomic E-state index is 9.77. The van der Waals surface area contributed by atoms with Crippen molar-refractivity contribution in [1.82, 2.24) is 9.80 Å². The van der Waals surface area contributed by atoms with Gasteiger partial charge in [0.1, 0.15) is 0 Å². The SMILES string of the molecule is OC[C@H]1CN(Cc2ccc3c(c2)OCO3)C[C@H]1CN1CCOCC1. The molecule has 6 heteroatoms. The molecule has 3 aliphatic rings. The molecule has 0 radical (unpaired) electrons. The van der Waals surface area contributed by atoms with Crippen molar-refractivity contribution in [1.29, 1.82) is 0 Å². The molecule has 2 atom stereocenters. The molecule has 0 saturated carbocycles. The van der Waals surface area contributed by atoms with Gasteiger partial charge in [0.25, 0.3) is 0 Å². The van der Waals surface area contributed by atoms with Crippen molar-refractivity contribution in [2.45, 2.75) is 6.54 Å². The fourth-order valence-corrected chi connectivity index (χ4v) is 3.99. The highest BCUT2D eigenvalue weighted by Gasteiger charge is 2.33. The van der Waals surface area contributed by atoms with Gasteiger partial charge in [-0.3, -0.25) is 9.80 Å². The molecule has 0 spiro atoms. The largest absolute Gasteiger partial charge is 0.454 e. The number of fused-ring (bicyclic) bond motifs is 1. The van der Waals surface area contributed by atoms with Crippen LogP contribution >= 0.6 is 0 Å². The van der Waals surface area contributed by atoms with E-state index in [1.54, 1.807) is 0 Å². The number of nitrogens with zero attached hydrogens (tertiary/aromatic N) is 2. The Morgan fingerprint density at radius 1 is 1.00 bits per heavy atom. The fraction of sp³-hybridized carbons (Fsp3) is 0.667. The molecule has 3 heterocycles. The quantitative estimate of drug-likeness (QED) is 0.859. The highest BCUT2D eigenvalue weighted by atomic mass is 16.7. The average Bonchev–Trinajstić information content (AvgIpc) is 3.22. The zero-order valence-corrected chi connectivity index (χ0v) is 14.0. The zero-order chi connectivity index (χ0) is 16.4. The Morgan fingerprint density at radius 2 is 1.79 bits per heavy atom. The van der Waals surface area contributed by atoms with Gasteiger partial charge in [-0.1, -0.05) is 6.07 Å². The van der Waals surface area contributed by atoms with E-state index in [9.17, 15) is 5.11 Å². The molecule has 24 heavy (non-hydrogen) atoms. The summed E-state index contributed by atoms with van der Waals surface area (Å²) in [6.07, 6.45) is 0. The normalized spacial score (nSPS) is 27.7. The van der Waals surface area contributed by atoms with Crippen LogP contribution in [0.1, 0.15) is 5.56 Å². The van der Waals surface area contributed by atoms with Gasteiger partial charge in [0.15, 0.2) is 11.5 Å². The predicted molar refractivity (Wildman–Crippen MR) is 89.2 cm³/mol. The first-order chi connectivity index (χ1) is 11.8. The number of hydrogen-bond donors (Lipinski definition) is 1. The minimum absolute atomic E-state index is 0.270. The molecule has 6 nitrogen and oxygen atoms in total. The molecule has 1 aromatic carbocycles. The molecule has 0 amide bonds. The van der Waals surface area contributed by atoms with E-state index >= 15 is 0 Å². The highest BCUT2D eigenvalue weighted by Crippen LogP contribution is 2.33. The van der Waals surface area contributed by atoms with Gasteiger partial charge in [0.05, 0.1) is 13.2 Å². The van der Waals surface area contributed by atoms with Gasteiger partial charge in [-0.15, -0.1) is 0 Å². The molecule has 4 rings (SSSR count). The Kier molecular flexibility index (Phi) is 4.89. The van der Waals surface area contributed by atoms with Crippen molar-refractivity contribution < 1.29 is 19.3 Å². The second-order valence-corrected chi connectivity index (χ2v) is 7.00. The Bertz CT molecular complexity index is 562. The summed E-state index contributed by atoms with van der Waals surface area (Å²) < 4.78 is 16.3. The molecular formula is C18H26N2O4. The van der Waals surface area contributed by atoms with E-state index in [4.69, 9.17) is 14.2 Å². The van der Waals surface area contributed by atoms with Crippen LogP contribution in [-0.4, -0.2) is 74.2 Å². The maximum atomic E-state index is 9.77. The van der Waals surface area contributed by atoms with Crippen LogP contribution in [0.25, 0.3) is 0 Å². The monoisotopic (exact) mass is 334 g/mol. The Balaban J connectivity index is 1.36.